The van der Waals surface area contributed by atoms with Crippen molar-refractivity contribution in [3.05, 3.63) is 11.4 Å². The molecular weight excluding hydrogens is 206 g/mol. The Labute approximate surface area is 83.6 Å². The summed E-state index contributed by atoms with van der Waals surface area (Å²) in [6, 6.07) is 0. The van der Waals surface area contributed by atoms with Gasteiger partial charge in [-0.3, -0.25) is 0 Å². The van der Waals surface area contributed by atoms with Crippen molar-refractivity contribution in [2.45, 2.75) is 0 Å². The van der Waals surface area contributed by atoms with E-state index < -0.39 is 0 Å². The first-order chi connectivity index (χ1) is 7.11. The zero-order valence-electron chi connectivity index (χ0n) is 8.04. The molecule has 2 aromatic heterocycles. The van der Waals surface area contributed by atoms with Crippen LogP contribution in [0, 0.1) is 5.21 Å². The Hall–Kier alpha value is -2.25. The molecule has 0 aliphatic carbocycles. The molecule has 2 aromatic rings. The first-order valence-electron chi connectivity index (χ1n) is 3.98. The molecule has 0 fully saturated rings. The molecule has 0 radical (unpaired) electrons. The summed E-state index contributed by atoms with van der Waals surface area (Å²) in [5, 5.41) is 30.2. The van der Waals surface area contributed by atoms with E-state index in [1.54, 1.807) is 0 Å². The number of ether oxygens (including phenoxy) is 2. The van der Waals surface area contributed by atoms with Crippen molar-refractivity contribution in [2.24, 2.45) is 0 Å². The number of aromatic nitrogens is 3. The van der Waals surface area contributed by atoms with Crippen LogP contribution in [0.3, 0.4) is 0 Å². The lowest BCUT2D eigenvalue weighted by molar-refractivity contribution is -0.725. The van der Waals surface area contributed by atoms with E-state index in [9.17, 15) is 15.6 Å². The number of fused-ring (bicyclic) bond motifs is 1. The molecule has 0 unspecified atom stereocenters. The quantitative estimate of drug-likeness (QED) is 0.402. The summed E-state index contributed by atoms with van der Waals surface area (Å²) in [6.07, 6.45) is 1.21. The number of hydrogen-bond donors (Lipinski definition) is 2. The molecule has 2 rings (SSSR count). The highest BCUT2D eigenvalue weighted by Gasteiger charge is 2.30. The predicted octanol–water partition coefficient (Wildman–Crippen LogP) is -0.432. The Morgan fingerprint density at radius 1 is 1.27 bits per heavy atom. The number of hydrogen-bond acceptors (Lipinski definition) is 5. The first kappa shape index (κ1) is 9.31. The monoisotopic (exact) mass is 215 g/mol. The molecule has 0 bridgehead atoms. The van der Waals surface area contributed by atoms with Crippen molar-refractivity contribution in [1.82, 2.24) is 9.58 Å². The predicted molar refractivity (Wildman–Crippen MR) is 46.4 cm³/mol. The van der Waals surface area contributed by atoms with Crippen LogP contribution in [0.2, 0.25) is 0 Å². The largest absolute Gasteiger partial charge is 0.591 e. The van der Waals surface area contributed by atoms with E-state index >= 15 is 0 Å². The van der Waals surface area contributed by atoms with Crippen LogP contribution in [0.15, 0.2) is 6.20 Å². The topological polar surface area (TPSA) is 95.7 Å². The number of rotatable bonds is 2. The summed E-state index contributed by atoms with van der Waals surface area (Å²) >= 11 is 0. The summed E-state index contributed by atoms with van der Waals surface area (Å²) in [7, 11) is 2.60. The van der Waals surface area contributed by atoms with Gasteiger partial charge in [0.05, 0.1) is 20.4 Å². The Kier molecular flexibility index (Phi) is 1.78. The lowest BCUT2D eigenvalue weighted by Crippen LogP contribution is -2.37. The molecule has 0 aromatic carbocycles. The third-order valence-corrected chi connectivity index (χ3v) is 2.09. The van der Waals surface area contributed by atoms with Crippen LogP contribution in [0.1, 0.15) is 0 Å². The summed E-state index contributed by atoms with van der Waals surface area (Å²) in [5.41, 5.74) is 0.0682. The standard InChI is InChI=1S/C7H9N3O5/c1-14-4-3-8(11)6-5(4)9(12)10(13)7(6)15-2/h3,11-12H,1-2H3. The average Bonchev–Trinajstić information content (AvgIpc) is 2.67. The van der Waals surface area contributed by atoms with Gasteiger partial charge in [-0.2, -0.15) is 4.73 Å². The molecule has 2 heterocycles. The van der Waals surface area contributed by atoms with Gasteiger partial charge in [-0.25, -0.2) is 0 Å². The highest BCUT2D eigenvalue weighted by Crippen LogP contribution is 2.31. The molecule has 0 saturated carbocycles. The van der Waals surface area contributed by atoms with Crippen LogP contribution in [0.4, 0.5) is 0 Å². The minimum atomic E-state index is -0.224. The minimum absolute atomic E-state index is 0.0341. The van der Waals surface area contributed by atoms with E-state index in [2.05, 4.69) is 0 Å². The van der Waals surface area contributed by atoms with E-state index in [0.717, 1.165) is 0 Å². The van der Waals surface area contributed by atoms with Crippen LogP contribution >= 0.6 is 0 Å². The average molecular weight is 215 g/mol. The van der Waals surface area contributed by atoms with Crippen LogP contribution < -0.4 is 14.3 Å². The summed E-state index contributed by atoms with van der Waals surface area (Å²) in [5.74, 6) is -0.0683. The molecule has 0 amide bonds. The number of methoxy groups -OCH3 is 2. The van der Waals surface area contributed by atoms with E-state index in [1.165, 1.54) is 20.4 Å². The van der Waals surface area contributed by atoms with Gasteiger partial charge < -0.3 is 25.1 Å². The van der Waals surface area contributed by atoms with Crippen LogP contribution in [0.5, 0.6) is 11.6 Å². The van der Waals surface area contributed by atoms with E-state index in [0.29, 0.717) is 9.58 Å². The third-order valence-electron chi connectivity index (χ3n) is 2.09. The molecule has 8 heteroatoms. The Bertz CT molecular complexity index is 514. The maximum atomic E-state index is 11.3. The van der Waals surface area contributed by atoms with Gasteiger partial charge >= 0.3 is 5.88 Å². The molecular formula is C7H9N3O5. The second kappa shape index (κ2) is 2.87. The molecule has 0 spiro atoms. The smallest absolute Gasteiger partial charge is 0.437 e. The number of nitrogens with zero attached hydrogens (tertiary/aromatic N) is 3. The van der Waals surface area contributed by atoms with Gasteiger partial charge in [0.25, 0.3) is 0 Å². The minimum Gasteiger partial charge on any atom is -0.591 e. The van der Waals surface area contributed by atoms with Crippen LogP contribution in [0.25, 0.3) is 11.0 Å². The molecule has 2 N–H and O–H groups in total. The molecule has 0 saturated heterocycles. The lowest BCUT2D eigenvalue weighted by atomic mass is 10.4. The molecule has 15 heavy (non-hydrogen) atoms. The van der Waals surface area contributed by atoms with E-state index in [1.807, 2.05) is 0 Å². The van der Waals surface area contributed by atoms with E-state index in [4.69, 9.17) is 9.47 Å². The molecule has 8 nitrogen and oxygen atoms in total. The van der Waals surface area contributed by atoms with Gasteiger partial charge in [0.1, 0.15) is 0 Å². The van der Waals surface area contributed by atoms with Gasteiger partial charge in [0.2, 0.25) is 11.0 Å². The summed E-state index contributed by atoms with van der Waals surface area (Å²) in [6.45, 7) is 0. The van der Waals surface area contributed by atoms with Gasteiger partial charge in [-0.1, -0.05) is 0 Å². The van der Waals surface area contributed by atoms with Crippen LogP contribution in [-0.4, -0.2) is 34.2 Å². The normalized spacial score (nSPS) is 10.8. The molecule has 0 aliphatic rings. The molecule has 0 aliphatic heterocycles. The zero-order chi connectivity index (χ0) is 11.2. The fourth-order valence-electron chi connectivity index (χ4n) is 1.45. The third kappa shape index (κ3) is 0.981. The SMILES string of the molecule is COc1cn(O)c2c(OC)[n+]([O-])n(O)c12. The Balaban J connectivity index is 2.91. The van der Waals surface area contributed by atoms with Crippen molar-refractivity contribution in [2.75, 3.05) is 14.2 Å². The fourth-order valence-corrected chi connectivity index (χ4v) is 1.45. The fraction of sp³-hybridized carbons (Fsp3) is 0.286. The lowest BCUT2D eigenvalue weighted by Gasteiger charge is -1.98. The summed E-state index contributed by atoms with van der Waals surface area (Å²) in [4.78, 5) is 0.389. The second-order valence-electron chi connectivity index (χ2n) is 2.81. The van der Waals surface area contributed by atoms with Crippen molar-refractivity contribution in [3.8, 4) is 11.6 Å². The molecule has 0 atom stereocenters. The molecule has 82 valence electrons. The highest BCUT2D eigenvalue weighted by atomic mass is 16.6. The van der Waals surface area contributed by atoms with E-state index in [-0.39, 0.29) is 27.5 Å². The van der Waals surface area contributed by atoms with Crippen molar-refractivity contribution < 1.29 is 24.7 Å². The van der Waals surface area contributed by atoms with Gasteiger partial charge in [0, 0.05) is 4.85 Å². The van der Waals surface area contributed by atoms with Crippen molar-refractivity contribution in [3.63, 3.8) is 0 Å². The summed E-state index contributed by atoms with van der Waals surface area (Å²) < 4.78 is 10.3. The maximum absolute atomic E-state index is 11.3. The van der Waals surface area contributed by atoms with Gasteiger partial charge in [0.15, 0.2) is 5.75 Å². The Morgan fingerprint density at radius 3 is 2.47 bits per heavy atom. The Morgan fingerprint density at radius 2 is 1.93 bits per heavy atom. The van der Waals surface area contributed by atoms with Crippen molar-refractivity contribution in [1.29, 1.82) is 0 Å². The second-order valence-corrected chi connectivity index (χ2v) is 2.81. The van der Waals surface area contributed by atoms with Gasteiger partial charge in [-0.15, -0.1) is 0 Å². The maximum Gasteiger partial charge on any atom is 0.437 e. The van der Waals surface area contributed by atoms with Gasteiger partial charge in [-0.05, 0) is 4.85 Å². The van der Waals surface area contributed by atoms with Crippen molar-refractivity contribution >= 4 is 11.0 Å². The first-order valence-corrected chi connectivity index (χ1v) is 3.98. The highest BCUT2D eigenvalue weighted by molar-refractivity contribution is 5.85. The van der Waals surface area contributed by atoms with Crippen LogP contribution in [-0.2, 0) is 0 Å². The zero-order valence-corrected chi connectivity index (χ0v) is 8.04.